The number of hydrogen-bond donors (Lipinski definition) is 2. The van der Waals surface area contributed by atoms with Gasteiger partial charge in [0.05, 0.1) is 5.92 Å². The molecule has 2 amide bonds. The number of carbonyl (C=O) groups is 2. The Morgan fingerprint density at radius 1 is 1.16 bits per heavy atom. The molecule has 1 saturated heterocycles. The number of nitrogens with one attached hydrogen (secondary N) is 1. The van der Waals surface area contributed by atoms with Gasteiger partial charge in [0, 0.05) is 6.42 Å². The van der Waals surface area contributed by atoms with Gasteiger partial charge in [0.1, 0.15) is 0 Å². The number of aryl methyl sites for hydroxylation is 1. The summed E-state index contributed by atoms with van der Waals surface area (Å²) >= 11 is 0. The van der Waals surface area contributed by atoms with Crippen molar-refractivity contribution in [3.63, 3.8) is 0 Å². The molecule has 0 spiro atoms. The number of rotatable bonds is 5. The minimum Gasteiger partial charge on any atom is -0.330 e. The van der Waals surface area contributed by atoms with Crippen LogP contribution in [0.5, 0.6) is 0 Å². The first kappa shape index (κ1) is 13.7. The van der Waals surface area contributed by atoms with Crippen molar-refractivity contribution in [2.45, 2.75) is 38.0 Å². The highest BCUT2D eigenvalue weighted by Crippen LogP contribution is 2.25. The molecule has 1 heterocycles. The molecule has 3 N–H and O–H groups in total. The fraction of sp³-hybridized carbons (Fsp3) is 0.467. The van der Waals surface area contributed by atoms with Gasteiger partial charge in [0.15, 0.2) is 0 Å². The smallest absolute Gasteiger partial charge is 0.234 e. The molecule has 1 aromatic rings. The van der Waals surface area contributed by atoms with E-state index in [9.17, 15) is 9.59 Å². The van der Waals surface area contributed by atoms with Crippen LogP contribution in [-0.4, -0.2) is 18.4 Å². The zero-order chi connectivity index (χ0) is 13.7. The SMILES string of the molecule is NCCCCc1ccc(C2CCC(=O)NC2=O)cc1. The predicted octanol–water partition coefficient (Wildman–Crippen LogP) is 1.49. The molecule has 1 fully saturated rings. The molecule has 1 aliphatic rings. The molecule has 0 aliphatic carbocycles. The van der Waals surface area contributed by atoms with Crippen molar-refractivity contribution in [1.29, 1.82) is 0 Å². The Labute approximate surface area is 113 Å². The fourth-order valence-electron chi connectivity index (χ4n) is 2.40. The van der Waals surface area contributed by atoms with E-state index in [1.807, 2.05) is 12.1 Å². The molecule has 1 atom stereocenters. The van der Waals surface area contributed by atoms with Gasteiger partial charge < -0.3 is 5.73 Å². The maximum Gasteiger partial charge on any atom is 0.234 e. The third-order valence-corrected chi connectivity index (χ3v) is 3.54. The quantitative estimate of drug-likeness (QED) is 0.622. The monoisotopic (exact) mass is 260 g/mol. The topological polar surface area (TPSA) is 72.2 Å². The molecule has 4 nitrogen and oxygen atoms in total. The second kappa shape index (κ2) is 6.48. The van der Waals surface area contributed by atoms with Crippen LogP contribution in [0.2, 0.25) is 0 Å². The molecule has 0 saturated carbocycles. The Bertz CT molecular complexity index is 454. The normalized spacial score (nSPS) is 19.3. The van der Waals surface area contributed by atoms with Gasteiger partial charge in [-0.1, -0.05) is 24.3 Å². The van der Waals surface area contributed by atoms with Crippen molar-refractivity contribution >= 4 is 11.8 Å². The highest BCUT2D eigenvalue weighted by Gasteiger charge is 2.27. The highest BCUT2D eigenvalue weighted by atomic mass is 16.2. The van der Waals surface area contributed by atoms with Crippen molar-refractivity contribution in [2.24, 2.45) is 5.73 Å². The van der Waals surface area contributed by atoms with Crippen molar-refractivity contribution in [3.05, 3.63) is 35.4 Å². The van der Waals surface area contributed by atoms with E-state index in [4.69, 9.17) is 5.73 Å². The van der Waals surface area contributed by atoms with Crippen LogP contribution < -0.4 is 11.1 Å². The van der Waals surface area contributed by atoms with E-state index in [-0.39, 0.29) is 17.7 Å². The van der Waals surface area contributed by atoms with Gasteiger partial charge in [0.2, 0.25) is 11.8 Å². The van der Waals surface area contributed by atoms with Crippen molar-refractivity contribution in [3.8, 4) is 0 Å². The van der Waals surface area contributed by atoms with Crippen molar-refractivity contribution < 1.29 is 9.59 Å². The molecule has 19 heavy (non-hydrogen) atoms. The van der Waals surface area contributed by atoms with E-state index in [0.29, 0.717) is 12.8 Å². The average molecular weight is 260 g/mol. The summed E-state index contributed by atoms with van der Waals surface area (Å²) in [7, 11) is 0. The second-order valence-electron chi connectivity index (χ2n) is 4.99. The Morgan fingerprint density at radius 3 is 2.53 bits per heavy atom. The van der Waals surface area contributed by atoms with Gasteiger partial charge in [-0.15, -0.1) is 0 Å². The standard InChI is InChI=1S/C15H20N2O2/c16-10-2-1-3-11-4-6-12(7-5-11)13-8-9-14(18)17-15(13)19/h4-7,13H,1-3,8-10,16H2,(H,17,18,19). The lowest BCUT2D eigenvalue weighted by Crippen LogP contribution is -2.39. The molecule has 0 bridgehead atoms. The molecule has 1 unspecified atom stereocenters. The minimum atomic E-state index is -0.184. The molecule has 4 heteroatoms. The van der Waals surface area contributed by atoms with E-state index < -0.39 is 0 Å². The number of benzene rings is 1. The molecule has 1 aromatic carbocycles. The Morgan fingerprint density at radius 2 is 1.89 bits per heavy atom. The Kier molecular flexibility index (Phi) is 4.68. The van der Waals surface area contributed by atoms with Crippen LogP contribution >= 0.6 is 0 Å². The van der Waals surface area contributed by atoms with Crippen molar-refractivity contribution in [1.82, 2.24) is 5.32 Å². The van der Waals surface area contributed by atoms with Crippen LogP contribution in [0.15, 0.2) is 24.3 Å². The molecule has 2 rings (SSSR count). The summed E-state index contributed by atoms with van der Waals surface area (Å²) in [4.78, 5) is 22.9. The Hall–Kier alpha value is -1.68. The number of amides is 2. The number of unbranched alkanes of at least 4 members (excludes halogenated alkanes) is 1. The minimum absolute atomic E-state index is 0.167. The van der Waals surface area contributed by atoms with Crippen LogP contribution in [0.25, 0.3) is 0 Å². The van der Waals surface area contributed by atoms with Crippen molar-refractivity contribution in [2.75, 3.05) is 6.54 Å². The maximum atomic E-state index is 11.8. The summed E-state index contributed by atoms with van der Waals surface area (Å²) in [5.41, 5.74) is 7.73. The van der Waals surface area contributed by atoms with Crippen LogP contribution in [-0.2, 0) is 16.0 Å². The van der Waals surface area contributed by atoms with Crippen LogP contribution in [0, 0.1) is 0 Å². The van der Waals surface area contributed by atoms with E-state index in [2.05, 4.69) is 17.4 Å². The number of hydrogen-bond acceptors (Lipinski definition) is 3. The largest absolute Gasteiger partial charge is 0.330 e. The van der Waals surface area contributed by atoms with Gasteiger partial charge in [-0.05, 0) is 43.4 Å². The molecule has 0 radical (unpaired) electrons. The molecular formula is C15H20N2O2. The summed E-state index contributed by atoms with van der Waals surface area (Å²) in [6, 6.07) is 8.13. The predicted molar refractivity (Wildman–Crippen MR) is 73.6 cm³/mol. The zero-order valence-corrected chi connectivity index (χ0v) is 11.0. The van der Waals surface area contributed by atoms with E-state index in [1.54, 1.807) is 0 Å². The van der Waals surface area contributed by atoms with E-state index in [0.717, 1.165) is 31.4 Å². The van der Waals surface area contributed by atoms with Gasteiger partial charge in [0.25, 0.3) is 0 Å². The Balaban J connectivity index is 1.98. The lowest BCUT2D eigenvalue weighted by molar-refractivity contribution is -0.134. The molecular weight excluding hydrogens is 240 g/mol. The maximum absolute atomic E-state index is 11.8. The first-order valence-electron chi connectivity index (χ1n) is 6.83. The van der Waals surface area contributed by atoms with Gasteiger partial charge in [-0.3, -0.25) is 14.9 Å². The van der Waals surface area contributed by atoms with E-state index in [1.165, 1.54) is 5.56 Å². The van der Waals surface area contributed by atoms with Gasteiger partial charge in [-0.2, -0.15) is 0 Å². The third-order valence-electron chi connectivity index (χ3n) is 3.54. The fourth-order valence-corrected chi connectivity index (χ4v) is 2.40. The lowest BCUT2D eigenvalue weighted by atomic mass is 9.90. The third kappa shape index (κ3) is 3.64. The highest BCUT2D eigenvalue weighted by molar-refractivity contribution is 6.00. The summed E-state index contributed by atoms with van der Waals surface area (Å²) in [6.07, 6.45) is 4.18. The van der Waals surface area contributed by atoms with Crippen LogP contribution in [0.1, 0.15) is 42.7 Å². The van der Waals surface area contributed by atoms with Crippen LogP contribution in [0.4, 0.5) is 0 Å². The summed E-state index contributed by atoms with van der Waals surface area (Å²) in [5, 5.41) is 2.39. The summed E-state index contributed by atoms with van der Waals surface area (Å²) in [5.74, 6) is -0.525. The first-order chi connectivity index (χ1) is 9.20. The number of carbonyl (C=O) groups excluding carboxylic acids is 2. The number of nitrogens with two attached hydrogens (primary N) is 1. The van der Waals surface area contributed by atoms with E-state index >= 15 is 0 Å². The molecule has 102 valence electrons. The zero-order valence-electron chi connectivity index (χ0n) is 11.0. The van der Waals surface area contributed by atoms with Gasteiger partial charge >= 0.3 is 0 Å². The molecule has 1 aliphatic heterocycles. The summed E-state index contributed by atoms with van der Waals surface area (Å²) in [6.45, 7) is 0.731. The average Bonchev–Trinajstić information content (AvgIpc) is 2.40. The van der Waals surface area contributed by atoms with Gasteiger partial charge in [-0.25, -0.2) is 0 Å². The first-order valence-corrected chi connectivity index (χ1v) is 6.83. The number of imide groups is 1. The number of piperidine rings is 1. The molecule has 0 aromatic heterocycles. The lowest BCUT2D eigenvalue weighted by Gasteiger charge is -2.21. The van der Waals surface area contributed by atoms with Crippen LogP contribution in [0.3, 0.4) is 0 Å². The summed E-state index contributed by atoms with van der Waals surface area (Å²) < 4.78 is 0. The second-order valence-corrected chi connectivity index (χ2v) is 4.99.